The van der Waals surface area contributed by atoms with Crippen LogP contribution in [-0.4, -0.2) is 40.1 Å². The van der Waals surface area contributed by atoms with Gasteiger partial charge in [0.15, 0.2) is 0 Å². The average Bonchev–Trinajstić information content (AvgIpc) is 3.18. The molecule has 0 unspecified atom stereocenters. The lowest BCUT2D eigenvalue weighted by molar-refractivity contribution is -0.145. The van der Waals surface area contributed by atoms with Gasteiger partial charge in [-0.2, -0.15) is 0 Å². The number of hydrogen-bond acceptors (Lipinski definition) is 5. The van der Waals surface area contributed by atoms with Gasteiger partial charge in [0.05, 0.1) is 17.5 Å². The van der Waals surface area contributed by atoms with E-state index in [-0.39, 0.29) is 5.91 Å². The van der Waals surface area contributed by atoms with Crippen molar-refractivity contribution >= 4 is 11.9 Å². The Bertz CT molecular complexity index is 768. The van der Waals surface area contributed by atoms with Gasteiger partial charge in [-0.1, -0.05) is 35.5 Å². The minimum absolute atomic E-state index is 0.243. The second-order valence-electron chi connectivity index (χ2n) is 6.75. The molecule has 1 aliphatic heterocycles. The van der Waals surface area contributed by atoms with E-state index < -0.39 is 17.8 Å². The Morgan fingerprint density at radius 1 is 1.23 bits per heavy atom. The lowest BCUT2D eigenvalue weighted by Gasteiger charge is -2.16. The molecule has 1 aliphatic rings. The zero-order chi connectivity index (χ0) is 18.7. The van der Waals surface area contributed by atoms with E-state index in [1.807, 2.05) is 42.2 Å². The van der Waals surface area contributed by atoms with Crippen LogP contribution in [0.4, 0.5) is 0 Å². The third-order valence-electron chi connectivity index (χ3n) is 4.92. The number of aryl methyl sites for hydroxylation is 2. The lowest BCUT2D eigenvalue weighted by Crippen LogP contribution is -2.37. The largest absolute Gasteiger partial charge is 0.481 e. The molecule has 1 aromatic carbocycles. The zero-order valence-corrected chi connectivity index (χ0v) is 14.9. The summed E-state index contributed by atoms with van der Waals surface area (Å²) in [5.41, 5.74) is 2.67. The molecule has 3 rings (SSSR count). The van der Waals surface area contributed by atoms with Gasteiger partial charge < -0.3 is 14.9 Å². The Balaban J connectivity index is 1.64. The van der Waals surface area contributed by atoms with Crippen LogP contribution >= 0.6 is 0 Å². The fourth-order valence-corrected chi connectivity index (χ4v) is 3.43. The maximum atomic E-state index is 12.6. The lowest BCUT2D eigenvalue weighted by atomic mass is 9.95. The quantitative estimate of drug-likeness (QED) is 0.818. The molecule has 0 aliphatic carbocycles. The van der Waals surface area contributed by atoms with E-state index in [0.29, 0.717) is 31.9 Å². The van der Waals surface area contributed by atoms with Crippen LogP contribution in [0.25, 0.3) is 0 Å². The van der Waals surface area contributed by atoms with Crippen LogP contribution in [0.15, 0.2) is 34.9 Å². The van der Waals surface area contributed by atoms with Gasteiger partial charge in [-0.25, -0.2) is 0 Å². The van der Waals surface area contributed by atoms with Crippen molar-refractivity contribution in [2.24, 2.45) is 11.8 Å². The fourth-order valence-electron chi connectivity index (χ4n) is 3.43. The van der Waals surface area contributed by atoms with Crippen molar-refractivity contribution in [2.75, 3.05) is 13.1 Å². The molecule has 1 amide bonds. The highest BCUT2D eigenvalue weighted by Crippen LogP contribution is 2.26. The van der Waals surface area contributed by atoms with Gasteiger partial charge in [-0.05, 0) is 19.4 Å². The predicted molar refractivity (Wildman–Crippen MR) is 94.2 cm³/mol. The van der Waals surface area contributed by atoms with Gasteiger partial charge in [0.1, 0.15) is 5.76 Å². The smallest absolute Gasteiger partial charge is 0.308 e. The van der Waals surface area contributed by atoms with E-state index in [9.17, 15) is 14.7 Å². The molecule has 2 aromatic rings. The van der Waals surface area contributed by atoms with Crippen LogP contribution < -0.4 is 5.32 Å². The first-order valence-corrected chi connectivity index (χ1v) is 8.64. The van der Waals surface area contributed by atoms with Gasteiger partial charge in [0.25, 0.3) is 0 Å². The van der Waals surface area contributed by atoms with Crippen molar-refractivity contribution in [1.82, 2.24) is 15.4 Å². The summed E-state index contributed by atoms with van der Waals surface area (Å²) >= 11 is 0. The average molecular weight is 357 g/mol. The summed E-state index contributed by atoms with van der Waals surface area (Å²) in [4.78, 5) is 26.3. The first-order chi connectivity index (χ1) is 12.5. The van der Waals surface area contributed by atoms with Crippen molar-refractivity contribution in [3.05, 3.63) is 52.9 Å². The van der Waals surface area contributed by atoms with E-state index in [1.54, 1.807) is 6.92 Å². The summed E-state index contributed by atoms with van der Waals surface area (Å²) < 4.78 is 5.09. The maximum Gasteiger partial charge on any atom is 0.308 e. The summed E-state index contributed by atoms with van der Waals surface area (Å²) in [5.74, 6) is -1.79. The SMILES string of the molecule is Cc1noc(C)c1CNC(=O)[C@H]1CN(Cc2ccccc2)C[C@H]1C(=O)O. The number of carbonyl (C=O) groups excluding carboxylic acids is 1. The third-order valence-corrected chi connectivity index (χ3v) is 4.92. The molecule has 2 heterocycles. The Morgan fingerprint density at radius 2 is 1.92 bits per heavy atom. The number of nitrogens with zero attached hydrogens (tertiary/aromatic N) is 2. The number of hydrogen-bond donors (Lipinski definition) is 2. The van der Waals surface area contributed by atoms with Crippen LogP contribution in [0.5, 0.6) is 0 Å². The Labute approximate surface area is 152 Å². The van der Waals surface area contributed by atoms with Gasteiger partial charge in [0, 0.05) is 31.7 Å². The van der Waals surface area contributed by atoms with Gasteiger partial charge in [0.2, 0.25) is 5.91 Å². The van der Waals surface area contributed by atoms with E-state index >= 15 is 0 Å². The van der Waals surface area contributed by atoms with Crippen LogP contribution in [0.3, 0.4) is 0 Å². The molecular weight excluding hydrogens is 334 g/mol. The summed E-state index contributed by atoms with van der Waals surface area (Å²) in [7, 11) is 0. The van der Waals surface area contributed by atoms with Gasteiger partial charge in [-0.15, -0.1) is 0 Å². The van der Waals surface area contributed by atoms with Crippen molar-refractivity contribution in [2.45, 2.75) is 26.9 Å². The Kier molecular flexibility index (Phi) is 5.37. The van der Waals surface area contributed by atoms with Crippen LogP contribution in [0.1, 0.15) is 22.6 Å². The molecule has 0 bridgehead atoms. The summed E-state index contributed by atoms with van der Waals surface area (Å²) in [6.07, 6.45) is 0. The molecule has 2 N–H and O–H groups in total. The monoisotopic (exact) mass is 357 g/mol. The fraction of sp³-hybridized carbons (Fsp3) is 0.421. The number of rotatable bonds is 6. The number of aliphatic carboxylic acids is 1. The second-order valence-corrected chi connectivity index (χ2v) is 6.75. The van der Waals surface area contributed by atoms with E-state index in [2.05, 4.69) is 10.5 Å². The normalized spacial score (nSPS) is 20.2. The molecule has 1 aromatic heterocycles. The first-order valence-electron chi connectivity index (χ1n) is 8.64. The molecule has 2 atom stereocenters. The van der Waals surface area contributed by atoms with Crippen molar-refractivity contribution in [3.63, 3.8) is 0 Å². The number of carbonyl (C=O) groups is 2. The van der Waals surface area contributed by atoms with Crippen molar-refractivity contribution in [3.8, 4) is 0 Å². The molecule has 1 fully saturated rings. The predicted octanol–water partition coefficient (Wildman–Crippen LogP) is 1.74. The third kappa shape index (κ3) is 3.94. The van der Waals surface area contributed by atoms with Crippen LogP contribution in [0.2, 0.25) is 0 Å². The Hall–Kier alpha value is -2.67. The maximum absolute atomic E-state index is 12.6. The summed E-state index contributed by atoms with van der Waals surface area (Å²) in [6, 6.07) is 9.85. The molecule has 26 heavy (non-hydrogen) atoms. The molecule has 138 valence electrons. The molecule has 7 nitrogen and oxygen atoms in total. The highest BCUT2D eigenvalue weighted by Gasteiger charge is 2.41. The number of nitrogens with one attached hydrogen (secondary N) is 1. The van der Waals surface area contributed by atoms with Crippen molar-refractivity contribution in [1.29, 1.82) is 0 Å². The minimum Gasteiger partial charge on any atom is -0.481 e. The molecule has 0 spiro atoms. The number of aromatic nitrogens is 1. The number of carboxylic acid groups (broad SMARTS) is 1. The minimum atomic E-state index is -0.932. The molecule has 0 saturated carbocycles. The van der Waals surface area contributed by atoms with Crippen molar-refractivity contribution < 1.29 is 19.2 Å². The number of benzene rings is 1. The standard InChI is InChI=1S/C19H23N3O4/c1-12-15(13(2)26-21-12)8-20-18(23)16-10-22(11-17(16)19(24)25)9-14-6-4-3-5-7-14/h3-7,16-17H,8-11H2,1-2H3,(H,20,23)(H,24,25)/t16-,17+/m0/s1. The number of likely N-dealkylation sites (tertiary alicyclic amines) is 1. The second kappa shape index (κ2) is 7.70. The van der Waals surface area contributed by atoms with Gasteiger partial charge in [-0.3, -0.25) is 14.5 Å². The highest BCUT2D eigenvalue weighted by molar-refractivity contribution is 5.85. The number of carboxylic acids is 1. The molecule has 1 saturated heterocycles. The van der Waals surface area contributed by atoms with Gasteiger partial charge >= 0.3 is 5.97 Å². The summed E-state index contributed by atoms with van der Waals surface area (Å²) in [5, 5.41) is 16.2. The molecule has 7 heteroatoms. The number of amides is 1. The molecule has 0 radical (unpaired) electrons. The highest BCUT2D eigenvalue weighted by atomic mass is 16.5. The first kappa shape index (κ1) is 18.1. The van der Waals surface area contributed by atoms with Crippen LogP contribution in [-0.2, 0) is 22.7 Å². The zero-order valence-electron chi connectivity index (χ0n) is 14.9. The van der Waals surface area contributed by atoms with E-state index in [1.165, 1.54) is 0 Å². The van der Waals surface area contributed by atoms with E-state index in [4.69, 9.17) is 4.52 Å². The Morgan fingerprint density at radius 3 is 2.54 bits per heavy atom. The van der Waals surface area contributed by atoms with Crippen LogP contribution in [0, 0.1) is 25.7 Å². The topological polar surface area (TPSA) is 95.7 Å². The molecular formula is C19H23N3O4. The van der Waals surface area contributed by atoms with E-state index in [0.717, 1.165) is 16.8 Å². The summed E-state index contributed by atoms with van der Waals surface area (Å²) in [6.45, 7) is 5.33.